The Hall–Kier alpha value is -4.50. The monoisotopic (exact) mass is 532 g/mol. The van der Waals surface area contributed by atoms with E-state index >= 15 is 0 Å². The first-order valence-electron chi connectivity index (χ1n) is 12.5. The molecule has 2 aromatic carbocycles. The van der Waals surface area contributed by atoms with E-state index in [1.54, 1.807) is 25.2 Å². The molecule has 1 heterocycles. The van der Waals surface area contributed by atoms with Crippen LogP contribution in [-0.2, 0) is 24.0 Å². The van der Waals surface area contributed by atoms with E-state index < -0.39 is 43.0 Å². The highest BCUT2D eigenvalue weighted by Crippen LogP contribution is 2.34. The van der Waals surface area contributed by atoms with Crippen molar-refractivity contribution in [3.05, 3.63) is 96.6 Å². The van der Waals surface area contributed by atoms with Crippen LogP contribution in [0.2, 0.25) is 0 Å². The van der Waals surface area contributed by atoms with Gasteiger partial charge >= 0.3 is 12.1 Å². The summed E-state index contributed by atoms with van der Waals surface area (Å²) in [6.45, 7) is 4.70. The minimum Gasteiger partial charge on any atom is -0.481 e. The number of amides is 2. The average molecular weight is 533 g/mol. The normalized spacial score (nSPS) is 16.2. The van der Waals surface area contributed by atoms with Crippen LogP contribution in [0.5, 0.6) is 0 Å². The summed E-state index contributed by atoms with van der Waals surface area (Å²) in [4.78, 5) is 54.5. The molecule has 2 atom stereocenters. The van der Waals surface area contributed by atoms with E-state index in [4.69, 9.17) is 9.57 Å². The zero-order valence-corrected chi connectivity index (χ0v) is 21.7. The number of ether oxygens (including phenoxy) is 1. The second kappa shape index (κ2) is 14.4. The van der Waals surface area contributed by atoms with Crippen LogP contribution in [0.3, 0.4) is 0 Å². The van der Waals surface area contributed by atoms with Gasteiger partial charge in [-0.2, -0.15) is 0 Å². The van der Waals surface area contributed by atoms with Crippen molar-refractivity contribution >= 4 is 23.8 Å². The van der Waals surface area contributed by atoms with Crippen LogP contribution in [-0.4, -0.2) is 53.2 Å². The first-order valence-corrected chi connectivity index (χ1v) is 12.5. The molecule has 1 fully saturated rings. The Morgan fingerprint density at radius 1 is 1.10 bits per heavy atom. The molecule has 2 unspecified atom stereocenters. The lowest BCUT2D eigenvalue weighted by Crippen LogP contribution is -2.45. The molecular weight excluding hydrogens is 500 g/mol. The molecule has 0 radical (unpaired) electrons. The number of hydrogen-bond donors (Lipinski definition) is 2. The SMILES string of the molecule is C=CC=C(C=CC)COC(=O)NC(CC(=O)O)C(=O)CON1C(=O)CCC1c1ccc(-c2ccccc2)cc1. The summed E-state index contributed by atoms with van der Waals surface area (Å²) in [7, 11) is 0. The lowest BCUT2D eigenvalue weighted by Gasteiger charge is -2.25. The Morgan fingerprint density at radius 2 is 1.79 bits per heavy atom. The minimum atomic E-state index is -1.40. The number of benzene rings is 2. The number of carbonyl (C=O) groups excluding carboxylic acids is 3. The second-order valence-electron chi connectivity index (χ2n) is 8.85. The number of rotatable bonds is 13. The van der Waals surface area contributed by atoms with Crippen LogP contribution < -0.4 is 5.32 Å². The van der Waals surface area contributed by atoms with E-state index in [1.165, 1.54) is 6.08 Å². The molecule has 1 aliphatic heterocycles. The van der Waals surface area contributed by atoms with E-state index in [-0.39, 0.29) is 18.9 Å². The largest absolute Gasteiger partial charge is 0.481 e. The van der Waals surface area contributed by atoms with Crippen molar-refractivity contribution in [2.24, 2.45) is 0 Å². The fraction of sp³-hybridized carbons (Fsp3) is 0.267. The lowest BCUT2D eigenvalue weighted by atomic mass is 10.00. The summed E-state index contributed by atoms with van der Waals surface area (Å²) in [5, 5.41) is 12.7. The van der Waals surface area contributed by atoms with E-state index in [0.29, 0.717) is 12.0 Å². The molecule has 0 aliphatic carbocycles. The molecule has 2 N–H and O–H groups in total. The summed E-state index contributed by atoms with van der Waals surface area (Å²) in [5.74, 6) is -2.28. The van der Waals surface area contributed by atoms with Gasteiger partial charge < -0.3 is 15.2 Å². The Morgan fingerprint density at radius 3 is 2.44 bits per heavy atom. The molecule has 2 amide bonds. The number of carbonyl (C=O) groups is 4. The summed E-state index contributed by atoms with van der Waals surface area (Å²) < 4.78 is 5.12. The molecule has 0 aromatic heterocycles. The number of carboxylic acid groups (broad SMARTS) is 1. The highest BCUT2D eigenvalue weighted by Gasteiger charge is 2.35. The highest BCUT2D eigenvalue weighted by molar-refractivity contribution is 5.91. The smallest absolute Gasteiger partial charge is 0.408 e. The summed E-state index contributed by atoms with van der Waals surface area (Å²) in [6.07, 6.45) is 5.80. The van der Waals surface area contributed by atoms with Crippen LogP contribution in [0.25, 0.3) is 11.1 Å². The standard InChI is InChI=1S/C30H32N2O7/c1-3-8-21(9-4-2)19-38-30(37)31-25(18-29(35)36)27(33)20-39-32-26(16-17-28(32)34)24-14-12-23(13-15-24)22-10-6-5-7-11-22/h3-15,25-26H,1,16-20H2,2H3,(H,31,37)(H,35,36). The first-order chi connectivity index (χ1) is 18.8. The summed E-state index contributed by atoms with van der Waals surface area (Å²) >= 11 is 0. The van der Waals surface area contributed by atoms with Gasteiger partial charge in [-0.05, 0) is 35.6 Å². The van der Waals surface area contributed by atoms with Gasteiger partial charge in [0.25, 0.3) is 0 Å². The number of Topliss-reactive ketones (excluding diaryl/α,β-unsaturated/α-hetero) is 1. The molecular formula is C30H32N2O7. The molecule has 3 rings (SSSR count). The Labute approximate surface area is 227 Å². The Bertz CT molecular complexity index is 1240. The molecule has 9 nitrogen and oxygen atoms in total. The van der Waals surface area contributed by atoms with Crippen LogP contribution in [0.15, 0.2) is 91.1 Å². The Balaban J connectivity index is 1.62. The number of alkyl carbamates (subject to hydrolysis) is 1. The number of aliphatic carboxylic acids is 1. The number of ketones is 1. The van der Waals surface area contributed by atoms with Gasteiger partial charge in [0.15, 0.2) is 5.78 Å². The van der Waals surface area contributed by atoms with Gasteiger partial charge in [-0.1, -0.05) is 85.5 Å². The molecule has 204 valence electrons. The molecule has 0 bridgehead atoms. The molecule has 0 saturated carbocycles. The molecule has 39 heavy (non-hydrogen) atoms. The van der Waals surface area contributed by atoms with E-state index in [2.05, 4.69) is 11.9 Å². The molecule has 1 saturated heterocycles. The van der Waals surface area contributed by atoms with Gasteiger partial charge in [-0.15, -0.1) is 0 Å². The number of hydroxylamine groups is 2. The fourth-order valence-corrected chi connectivity index (χ4v) is 4.16. The van der Waals surface area contributed by atoms with Crippen molar-refractivity contribution in [1.82, 2.24) is 10.4 Å². The zero-order chi connectivity index (χ0) is 28.2. The van der Waals surface area contributed by atoms with Gasteiger partial charge in [0, 0.05) is 6.42 Å². The average Bonchev–Trinajstić information content (AvgIpc) is 3.30. The van der Waals surface area contributed by atoms with Gasteiger partial charge in [-0.3, -0.25) is 19.2 Å². The van der Waals surface area contributed by atoms with Crippen LogP contribution in [0.4, 0.5) is 4.79 Å². The number of nitrogens with one attached hydrogen (secondary N) is 1. The molecule has 2 aromatic rings. The van der Waals surface area contributed by atoms with E-state index in [9.17, 15) is 24.3 Å². The second-order valence-corrected chi connectivity index (χ2v) is 8.85. The predicted molar refractivity (Wildman–Crippen MR) is 145 cm³/mol. The van der Waals surface area contributed by atoms with Crippen molar-refractivity contribution in [2.75, 3.05) is 13.2 Å². The number of allylic oxidation sites excluding steroid dienone is 3. The van der Waals surface area contributed by atoms with Crippen molar-refractivity contribution < 1.29 is 33.9 Å². The van der Waals surface area contributed by atoms with Crippen molar-refractivity contribution in [3.8, 4) is 11.1 Å². The topological polar surface area (TPSA) is 122 Å². The summed E-state index contributed by atoms with van der Waals surface area (Å²) in [6, 6.07) is 15.8. The Kier molecular flexibility index (Phi) is 10.8. The maximum atomic E-state index is 12.8. The van der Waals surface area contributed by atoms with E-state index in [0.717, 1.165) is 21.8 Å². The molecule has 9 heteroatoms. The fourth-order valence-electron chi connectivity index (χ4n) is 4.16. The van der Waals surface area contributed by atoms with Gasteiger partial charge in [0.2, 0.25) is 5.91 Å². The van der Waals surface area contributed by atoms with Crippen molar-refractivity contribution in [1.29, 1.82) is 0 Å². The predicted octanol–water partition coefficient (Wildman–Crippen LogP) is 4.78. The molecule has 0 spiro atoms. The first kappa shape index (κ1) is 29.1. The van der Waals surface area contributed by atoms with Crippen molar-refractivity contribution in [2.45, 2.75) is 38.3 Å². The molecule has 1 aliphatic rings. The third kappa shape index (κ3) is 8.51. The third-order valence-electron chi connectivity index (χ3n) is 6.05. The van der Waals surface area contributed by atoms with E-state index in [1.807, 2.05) is 54.6 Å². The summed E-state index contributed by atoms with van der Waals surface area (Å²) in [5.41, 5.74) is 3.60. The lowest BCUT2D eigenvalue weighted by molar-refractivity contribution is -0.192. The van der Waals surface area contributed by atoms with Crippen LogP contribution >= 0.6 is 0 Å². The number of hydrogen-bond acceptors (Lipinski definition) is 6. The maximum absolute atomic E-state index is 12.8. The van der Waals surface area contributed by atoms with Gasteiger partial charge in [-0.25, -0.2) is 9.86 Å². The number of nitrogens with zero attached hydrogens (tertiary/aromatic N) is 1. The van der Waals surface area contributed by atoms with Crippen LogP contribution in [0.1, 0.15) is 37.8 Å². The van der Waals surface area contributed by atoms with Gasteiger partial charge in [0.05, 0.1) is 12.5 Å². The minimum absolute atomic E-state index is 0.0975. The third-order valence-corrected chi connectivity index (χ3v) is 6.05. The quantitative estimate of drug-likeness (QED) is 0.356. The maximum Gasteiger partial charge on any atom is 0.408 e. The number of carboxylic acids is 1. The van der Waals surface area contributed by atoms with Crippen LogP contribution in [0, 0.1) is 0 Å². The highest BCUT2D eigenvalue weighted by atomic mass is 16.7. The zero-order valence-electron chi connectivity index (χ0n) is 21.7. The van der Waals surface area contributed by atoms with Crippen molar-refractivity contribution in [3.63, 3.8) is 0 Å². The van der Waals surface area contributed by atoms with Gasteiger partial charge in [0.1, 0.15) is 19.3 Å².